The Morgan fingerprint density at radius 3 is 1.55 bits per heavy atom. The molecule has 0 spiro atoms. The van der Waals surface area contributed by atoms with Crippen molar-refractivity contribution in [1.29, 1.82) is 0 Å². The molecule has 0 heterocycles. The van der Waals surface area contributed by atoms with Crippen molar-refractivity contribution in [2.45, 2.75) is 206 Å². The van der Waals surface area contributed by atoms with Gasteiger partial charge in [0.2, 0.25) is 5.91 Å². The zero-order valence-electron chi connectivity index (χ0n) is 37.1. The van der Waals surface area contributed by atoms with Gasteiger partial charge in [0.15, 0.2) is 0 Å². The molecule has 0 aromatic rings. The minimum atomic E-state index is -4.59. The van der Waals surface area contributed by atoms with Crippen molar-refractivity contribution in [2.24, 2.45) is 0 Å². The number of hydrogen-bond donors (Lipinski definition) is 2. The first-order chi connectivity index (χ1) is 27.0. The van der Waals surface area contributed by atoms with Crippen molar-refractivity contribution in [1.82, 2.24) is 5.32 Å². The molecule has 9 heteroatoms. The average Bonchev–Trinajstić information content (AvgIpc) is 3.15. The van der Waals surface area contributed by atoms with Gasteiger partial charge >= 0.3 is 0 Å². The number of allylic oxidation sites excluding steroid dienone is 7. The van der Waals surface area contributed by atoms with Crippen LogP contribution in [-0.4, -0.2) is 68.5 Å². The number of nitrogens with one attached hydrogen (secondary N) is 1. The lowest BCUT2D eigenvalue weighted by Crippen LogP contribution is -2.45. The summed E-state index contributed by atoms with van der Waals surface area (Å²) in [7, 11) is 1.23. The predicted molar refractivity (Wildman–Crippen MR) is 238 cm³/mol. The quantitative estimate of drug-likeness (QED) is 0.0276. The fourth-order valence-corrected chi connectivity index (χ4v) is 7.14. The van der Waals surface area contributed by atoms with Crippen molar-refractivity contribution < 1.29 is 32.9 Å². The van der Waals surface area contributed by atoms with Gasteiger partial charge < -0.3 is 28.8 Å². The monoisotopic (exact) mass is 809 g/mol. The van der Waals surface area contributed by atoms with Gasteiger partial charge in [0, 0.05) is 6.42 Å². The fourth-order valence-electron chi connectivity index (χ4n) is 6.42. The van der Waals surface area contributed by atoms with E-state index in [4.69, 9.17) is 9.05 Å². The molecule has 1 amide bonds. The molecule has 3 unspecified atom stereocenters. The standard InChI is InChI=1S/C47H89N2O6P/c1-6-8-10-12-14-16-17-18-19-20-21-22-23-24-25-26-27-28-29-30-31-33-35-37-39-41-47(51)48-45(44-55-56(52,53)54-43-42-49(3,4)5)46(50)40-38-36-34-32-15-13-11-9-7-2/h7,9,15,20-21,32,38,40,45-46,50H,6,8,10-14,16-19,22-31,33-37,39,41-44H2,1-5H3,(H-,48,51,52,53)/b9-7+,21-20-,32-15+,40-38+. The predicted octanol–water partition coefficient (Wildman–Crippen LogP) is 12.2. The number of quaternary nitrogens is 1. The molecule has 56 heavy (non-hydrogen) atoms. The van der Waals surface area contributed by atoms with Crippen LogP contribution in [0.3, 0.4) is 0 Å². The van der Waals surface area contributed by atoms with Gasteiger partial charge in [-0.2, -0.15) is 0 Å². The maximum atomic E-state index is 12.8. The summed E-state index contributed by atoms with van der Waals surface area (Å²) in [5.41, 5.74) is 0. The Hall–Kier alpha value is -1.54. The number of hydrogen-bond acceptors (Lipinski definition) is 6. The summed E-state index contributed by atoms with van der Waals surface area (Å²) in [6.07, 6.45) is 49.2. The summed E-state index contributed by atoms with van der Waals surface area (Å²) >= 11 is 0. The molecule has 0 fully saturated rings. The third-order valence-corrected chi connectivity index (χ3v) is 11.0. The fraction of sp³-hybridized carbons (Fsp3) is 0.809. The van der Waals surface area contributed by atoms with E-state index < -0.39 is 26.6 Å². The van der Waals surface area contributed by atoms with Crippen LogP contribution in [0.2, 0.25) is 0 Å². The number of amides is 1. The van der Waals surface area contributed by atoms with Crippen LogP contribution >= 0.6 is 7.82 Å². The second-order valence-electron chi connectivity index (χ2n) is 16.7. The van der Waals surface area contributed by atoms with E-state index in [2.05, 4.69) is 42.6 Å². The van der Waals surface area contributed by atoms with E-state index in [-0.39, 0.29) is 12.5 Å². The van der Waals surface area contributed by atoms with E-state index in [0.29, 0.717) is 17.4 Å². The number of rotatable bonds is 41. The van der Waals surface area contributed by atoms with Crippen LogP contribution in [0.1, 0.15) is 194 Å². The van der Waals surface area contributed by atoms with E-state index in [1.807, 2.05) is 40.2 Å². The van der Waals surface area contributed by atoms with Gasteiger partial charge in [-0.15, -0.1) is 0 Å². The van der Waals surface area contributed by atoms with Crippen LogP contribution in [-0.2, 0) is 18.4 Å². The highest BCUT2D eigenvalue weighted by atomic mass is 31.2. The Bertz CT molecular complexity index is 1050. The second kappa shape index (κ2) is 38.9. The van der Waals surface area contributed by atoms with Crippen molar-refractivity contribution in [3.05, 3.63) is 48.6 Å². The smallest absolute Gasteiger partial charge is 0.268 e. The number of aliphatic hydroxyl groups is 1. The lowest BCUT2D eigenvalue weighted by molar-refractivity contribution is -0.870. The SMILES string of the molecule is C/C=C/CC/C=C/CC/C=C/C(O)C(COP(=O)([O-])OCC[N+](C)(C)C)NC(=O)CCCCCCCCCCCCCCC/C=C\CCCCCCCCCC. The second-order valence-corrected chi connectivity index (χ2v) is 18.2. The van der Waals surface area contributed by atoms with Crippen LogP contribution < -0.4 is 10.2 Å². The molecule has 3 atom stereocenters. The molecule has 0 saturated heterocycles. The highest BCUT2D eigenvalue weighted by Crippen LogP contribution is 2.38. The minimum absolute atomic E-state index is 0.0100. The summed E-state index contributed by atoms with van der Waals surface area (Å²) in [6.45, 7) is 4.38. The molecule has 0 aromatic carbocycles. The number of nitrogens with zero attached hydrogens (tertiary/aromatic N) is 1. The number of carbonyl (C=O) groups is 1. The van der Waals surface area contributed by atoms with Crippen LogP contribution in [0, 0.1) is 0 Å². The van der Waals surface area contributed by atoms with E-state index in [0.717, 1.165) is 44.9 Å². The lowest BCUT2D eigenvalue weighted by atomic mass is 10.0. The Labute approximate surface area is 346 Å². The van der Waals surface area contributed by atoms with E-state index in [1.165, 1.54) is 128 Å². The zero-order valence-corrected chi connectivity index (χ0v) is 38.0. The van der Waals surface area contributed by atoms with E-state index >= 15 is 0 Å². The molecule has 0 aromatic heterocycles. The van der Waals surface area contributed by atoms with E-state index in [1.54, 1.807) is 6.08 Å². The van der Waals surface area contributed by atoms with Crippen molar-refractivity contribution in [2.75, 3.05) is 40.9 Å². The number of carbonyl (C=O) groups excluding carboxylic acids is 1. The van der Waals surface area contributed by atoms with Crippen molar-refractivity contribution in [3.63, 3.8) is 0 Å². The molecule has 0 saturated carbocycles. The Balaban J connectivity index is 4.15. The number of aliphatic hydroxyl groups excluding tert-OH is 1. The first kappa shape index (κ1) is 54.5. The van der Waals surface area contributed by atoms with Crippen LogP contribution in [0.25, 0.3) is 0 Å². The van der Waals surface area contributed by atoms with Crippen LogP contribution in [0.5, 0.6) is 0 Å². The number of likely N-dealkylation sites (N-methyl/N-ethyl adjacent to an activating group) is 1. The maximum Gasteiger partial charge on any atom is 0.268 e. The molecule has 0 aliphatic carbocycles. The summed E-state index contributed by atoms with van der Waals surface area (Å²) in [6, 6.07) is -0.907. The number of unbranched alkanes of at least 4 members (excludes halogenated alkanes) is 23. The van der Waals surface area contributed by atoms with Gasteiger partial charge in [-0.05, 0) is 64.7 Å². The Morgan fingerprint density at radius 1 is 0.643 bits per heavy atom. The normalized spacial score (nSPS) is 14.8. The molecule has 0 rings (SSSR count). The molecule has 8 nitrogen and oxygen atoms in total. The summed E-state index contributed by atoms with van der Waals surface area (Å²) in [4.78, 5) is 25.2. The van der Waals surface area contributed by atoms with Gasteiger partial charge in [-0.25, -0.2) is 0 Å². The minimum Gasteiger partial charge on any atom is -0.756 e. The lowest BCUT2D eigenvalue weighted by Gasteiger charge is -2.29. The molecular formula is C47H89N2O6P. The van der Waals surface area contributed by atoms with E-state index in [9.17, 15) is 19.4 Å². The molecule has 0 aliphatic rings. The Kier molecular flexibility index (Phi) is 37.9. The highest BCUT2D eigenvalue weighted by molar-refractivity contribution is 7.45. The first-order valence-corrected chi connectivity index (χ1v) is 24.4. The van der Waals surface area contributed by atoms with Gasteiger partial charge in [-0.1, -0.05) is 171 Å². The van der Waals surface area contributed by atoms with Crippen molar-refractivity contribution >= 4 is 13.7 Å². The maximum absolute atomic E-state index is 12.8. The zero-order chi connectivity index (χ0) is 41.4. The van der Waals surface area contributed by atoms with Gasteiger partial charge in [0.25, 0.3) is 7.82 Å². The van der Waals surface area contributed by atoms with Crippen molar-refractivity contribution in [3.8, 4) is 0 Å². The summed E-state index contributed by atoms with van der Waals surface area (Å²) < 4.78 is 23.1. The largest absolute Gasteiger partial charge is 0.756 e. The van der Waals surface area contributed by atoms with Gasteiger partial charge in [0.1, 0.15) is 13.2 Å². The van der Waals surface area contributed by atoms with Crippen LogP contribution in [0.15, 0.2) is 48.6 Å². The van der Waals surface area contributed by atoms with Gasteiger partial charge in [-0.3, -0.25) is 9.36 Å². The molecule has 0 aliphatic heterocycles. The van der Waals surface area contributed by atoms with Crippen LogP contribution in [0.4, 0.5) is 0 Å². The molecule has 0 bridgehead atoms. The highest BCUT2D eigenvalue weighted by Gasteiger charge is 2.23. The number of phosphoric acid groups is 1. The molecular weight excluding hydrogens is 719 g/mol. The molecule has 328 valence electrons. The summed E-state index contributed by atoms with van der Waals surface area (Å²) in [5.74, 6) is -0.215. The first-order valence-electron chi connectivity index (χ1n) is 23.0. The number of phosphoric ester groups is 1. The summed E-state index contributed by atoms with van der Waals surface area (Å²) in [5, 5.41) is 13.7. The Morgan fingerprint density at radius 2 is 1.07 bits per heavy atom. The average molecular weight is 809 g/mol. The third kappa shape index (κ3) is 40.6. The molecule has 0 radical (unpaired) electrons. The van der Waals surface area contributed by atoms with Gasteiger partial charge in [0.05, 0.1) is 39.9 Å². The topological polar surface area (TPSA) is 108 Å². The third-order valence-electron chi connectivity index (χ3n) is 10.1. The molecule has 2 N–H and O–H groups in total.